The average Bonchev–Trinajstić information content (AvgIpc) is 1.78. The number of hydrazine groups is 1. The molecule has 0 heterocycles. The van der Waals surface area contributed by atoms with Gasteiger partial charge in [-0.15, -0.1) is 5.59 Å². The molecule has 10 heavy (non-hydrogen) atoms. The van der Waals surface area contributed by atoms with Crippen molar-refractivity contribution >= 4 is 0 Å². The molecule has 0 bridgehead atoms. The van der Waals surface area contributed by atoms with Crippen LogP contribution in [-0.4, -0.2) is 12.1 Å². The van der Waals surface area contributed by atoms with E-state index in [9.17, 15) is 0 Å². The molecular weight excluding hydrogens is 128 g/mol. The summed E-state index contributed by atoms with van der Waals surface area (Å²) < 4.78 is 0. The van der Waals surface area contributed by atoms with Crippen LogP contribution in [0.2, 0.25) is 0 Å². The van der Waals surface area contributed by atoms with E-state index in [1.807, 2.05) is 20.8 Å². The first kappa shape index (κ1) is 9.88. The quantitative estimate of drug-likeness (QED) is 0.462. The second kappa shape index (κ2) is 4.66. The fourth-order valence-corrected chi connectivity index (χ4v) is 0.365. The Morgan fingerprint density at radius 1 is 1.30 bits per heavy atom. The molecule has 0 aromatic rings. The number of rotatable bonds is 4. The van der Waals surface area contributed by atoms with Crippen LogP contribution in [0, 0.1) is 0 Å². The molecule has 0 radical (unpaired) electrons. The molecule has 0 aliphatic carbocycles. The first-order valence-corrected chi connectivity index (χ1v) is 3.72. The van der Waals surface area contributed by atoms with Gasteiger partial charge in [-0.25, -0.2) is 5.43 Å². The second-order valence-electron chi connectivity index (χ2n) is 3.24. The lowest BCUT2D eigenvalue weighted by Gasteiger charge is -2.19. The Bertz CT molecular complexity index is 78.2. The average molecular weight is 146 g/mol. The molecule has 0 amide bonds. The SMILES string of the molecule is CCCNNOC(C)(C)C. The molecule has 0 aromatic carbocycles. The van der Waals surface area contributed by atoms with Crippen molar-refractivity contribution in [2.24, 2.45) is 0 Å². The molecule has 0 rings (SSSR count). The fraction of sp³-hybridized carbons (Fsp3) is 1.00. The summed E-state index contributed by atoms with van der Waals surface area (Å²) in [6.45, 7) is 9.01. The minimum Gasteiger partial charge on any atom is -0.281 e. The van der Waals surface area contributed by atoms with Crippen molar-refractivity contribution in [3.05, 3.63) is 0 Å². The van der Waals surface area contributed by atoms with Crippen LogP contribution in [0.3, 0.4) is 0 Å². The Kier molecular flexibility index (Phi) is 4.60. The summed E-state index contributed by atoms with van der Waals surface area (Å²) in [5, 5.41) is 0. The highest BCUT2D eigenvalue weighted by Crippen LogP contribution is 2.02. The molecule has 0 saturated heterocycles. The highest BCUT2D eigenvalue weighted by molar-refractivity contribution is 4.55. The molecule has 0 saturated carbocycles. The molecule has 0 aliphatic heterocycles. The van der Waals surface area contributed by atoms with Crippen LogP contribution in [-0.2, 0) is 4.84 Å². The van der Waals surface area contributed by atoms with Crippen LogP contribution < -0.4 is 11.0 Å². The smallest absolute Gasteiger partial charge is 0.0829 e. The van der Waals surface area contributed by atoms with Crippen molar-refractivity contribution in [2.75, 3.05) is 6.54 Å². The molecule has 0 spiro atoms. The normalized spacial score (nSPS) is 12.0. The summed E-state index contributed by atoms with van der Waals surface area (Å²) in [5.41, 5.74) is 5.47. The van der Waals surface area contributed by atoms with Gasteiger partial charge in [0.05, 0.1) is 5.60 Å². The van der Waals surface area contributed by atoms with E-state index in [0.717, 1.165) is 13.0 Å². The lowest BCUT2D eigenvalue weighted by atomic mass is 10.2. The van der Waals surface area contributed by atoms with E-state index >= 15 is 0 Å². The zero-order valence-corrected chi connectivity index (χ0v) is 7.32. The van der Waals surface area contributed by atoms with Gasteiger partial charge in [-0.05, 0) is 27.2 Å². The maximum absolute atomic E-state index is 5.17. The fourth-order valence-electron chi connectivity index (χ4n) is 0.365. The van der Waals surface area contributed by atoms with Gasteiger partial charge in [0, 0.05) is 6.54 Å². The predicted molar refractivity (Wildman–Crippen MR) is 42.3 cm³/mol. The predicted octanol–water partition coefficient (Wildman–Crippen LogP) is 1.22. The van der Waals surface area contributed by atoms with Crippen LogP contribution in [0.1, 0.15) is 34.1 Å². The molecular formula is C7H18N2O. The van der Waals surface area contributed by atoms with Crippen LogP contribution >= 0.6 is 0 Å². The van der Waals surface area contributed by atoms with Crippen molar-refractivity contribution in [1.82, 2.24) is 11.0 Å². The maximum Gasteiger partial charge on any atom is 0.0829 e. The third-order valence-electron chi connectivity index (χ3n) is 0.804. The van der Waals surface area contributed by atoms with Gasteiger partial charge < -0.3 is 0 Å². The van der Waals surface area contributed by atoms with Gasteiger partial charge in [-0.1, -0.05) is 6.92 Å². The summed E-state index contributed by atoms with van der Waals surface area (Å²) in [4.78, 5) is 5.17. The minimum atomic E-state index is -0.124. The van der Waals surface area contributed by atoms with E-state index in [-0.39, 0.29) is 5.60 Å². The largest absolute Gasteiger partial charge is 0.281 e. The standard InChI is InChI=1S/C7H18N2O/c1-5-6-8-9-10-7(2,3)4/h8-9H,5-6H2,1-4H3. The third-order valence-corrected chi connectivity index (χ3v) is 0.804. The summed E-state index contributed by atoms with van der Waals surface area (Å²) in [6, 6.07) is 0. The Morgan fingerprint density at radius 3 is 2.30 bits per heavy atom. The zero-order chi connectivity index (χ0) is 8.04. The molecule has 0 atom stereocenters. The van der Waals surface area contributed by atoms with Crippen molar-refractivity contribution in [3.8, 4) is 0 Å². The van der Waals surface area contributed by atoms with E-state index in [4.69, 9.17) is 4.84 Å². The van der Waals surface area contributed by atoms with Crippen molar-refractivity contribution in [1.29, 1.82) is 0 Å². The maximum atomic E-state index is 5.17. The number of hydrogen-bond donors (Lipinski definition) is 2. The molecule has 0 aliphatic rings. The first-order chi connectivity index (χ1) is 4.56. The van der Waals surface area contributed by atoms with Crippen LogP contribution in [0.4, 0.5) is 0 Å². The van der Waals surface area contributed by atoms with Crippen LogP contribution in [0.15, 0.2) is 0 Å². The lowest BCUT2D eigenvalue weighted by Crippen LogP contribution is -2.39. The van der Waals surface area contributed by atoms with Gasteiger partial charge in [-0.3, -0.25) is 4.84 Å². The lowest BCUT2D eigenvalue weighted by molar-refractivity contribution is -0.0924. The zero-order valence-electron chi connectivity index (χ0n) is 7.32. The monoisotopic (exact) mass is 146 g/mol. The van der Waals surface area contributed by atoms with Gasteiger partial charge in [0.1, 0.15) is 0 Å². The summed E-state index contributed by atoms with van der Waals surface area (Å²) in [5.74, 6) is 0. The summed E-state index contributed by atoms with van der Waals surface area (Å²) in [6.07, 6.45) is 1.10. The van der Waals surface area contributed by atoms with Crippen LogP contribution in [0.5, 0.6) is 0 Å². The van der Waals surface area contributed by atoms with E-state index in [1.54, 1.807) is 0 Å². The van der Waals surface area contributed by atoms with E-state index < -0.39 is 0 Å². The van der Waals surface area contributed by atoms with Gasteiger partial charge in [0.15, 0.2) is 0 Å². The Balaban J connectivity index is 3.04. The number of nitrogens with one attached hydrogen (secondary N) is 2. The molecule has 0 unspecified atom stereocenters. The molecule has 3 nitrogen and oxygen atoms in total. The van der Waals surface area contributed by atoms with Gasteiger partial charge >= 0.3 is 0 Å². The van der Waals surface area contributed by atoms with Crippen molar-refractivity contribution in [2.45, 2.75) is 39.7 Å². The first-order valence-electron chi connectivity index (χ1n) is 3.72. The summed E-state index contributed by atoms with van der Waals surface area (Å²) >= 11 is 0. The van der Waals surface area contributed by atoms with Crippen molar-refractivity contribution < 1.29 is 4.84 Å². The molecule has 0 fully saturated rings. The topological polar surface area (TPSA) is 33.3 Å². The second-order valence-corrected chi connectivity index (χ2v) is 3.24. The molecule has 2 N–H and O–H groups in total. The minimum absolute atomic E-state index is 0.124. The Labute approximate surface area is 63.1 Å². The van der Waals surface area contributed by atoms with Crippen molar-refractivity contribution in [3.63, 3.8) is 0 Å². The highest BCUT2D eigenvalue weighted by Gasteiger charge is 2.08. The van der Waals surface area contributed by atoms with Gasteiger partial charge in [-0.2, -0.15) is 0 Å². The third kappa shape index (κ3) is 7.88. The molecule has 0 aromatic heterocycles. The number of hydrogen-bond acceptors (Lipinski definition) is 3. The highest BCUT2D eigenvalue weighted by atomic mass is 16.7. The van der Waals surface area contributed by atoms with E-state index in [2.05, 4.69) is 17.9 Å². The Hall–Kier alpha value is -0.120. The van der Waals surface area contributed by atoms with E-state index in [1.165, 1.54) is 0 Å². The molecule has 3 heteroatoms. The van der Waals surface area contributed by atoms with E-state index in [0.29, 0.717) is 0 Å². The Morgan fingerprint density at radius 2 is 1.90 bits per heavy atom. The van der Waals surface area contributed by atoms with Gasteiger partial charge in [0.2, 0.25) is 0 Å². The van der Waals surface area contributed by atoms with Crippen LogP contribution in [0.25, 0.3) is 0 Å². The van der Waals surface area contributed by atoms with Gasteiger partial charge in [0.25, 0.3) is 0 Å². The summed E-state index contributed by atoms with van der Waals surface area (Å²) in [7, 11) is 0. The molecule has 62 valence electrons.